The Morgan fingerprint density at radius 3 is 1.88 bits per heavy atom. The first-order valence-corrected chi connectivity index (χ1v) is 11.6. The summed E-state index contributed by atoms with van der Waals surface area (Å²) < 4.78 is 12.3. The average molecular weight is 362 g/mol. The molecule has 0 amide bonds. The Hall–Kier alpha value is -0.340. The predicted molar refractivity (Wildman–Crippen MR) is 102 cm³/mol. The maximum Gasteiger partial charge on any atom is 0.303 e. The molecule has 0 aromatic rings. The van der Waals surface area contributed by atoms with E-state index in [0.717, 1.165) is 57.8 Å². The summed E-state index contributed by atoms with van der Waals surface area (Å²) in [4.78, 5) is 20.5. The highest BCUT2D eigenvalue weighted by Gasteiger charge is 2.24. The van der Waals surface area contributed by atoms with Crippen LogP contribution >= 0.6 is 7.37 Å². The summed E-state index contributed by atoms with van der Waals surface area (Å²) in [6.07, 6.45) is 10.3. The number of rotatable bonds is 14. The third-order valence-electron chi connectivity index (χ3n) is 4.21. The molecule has 2 unspecified atom stereocenters. The fourth-order valence-corrected chi connectivity index (χ4v) is 5.39. The summed E-state index contributed by atoms with van der Waals surface area (Å²) >= 11 is 0. The summed E-state index contributed by atoms with van der Waals surface area (Å²) in [5, 5.41) is 8.55. The number of hydrogen-bond acceptors (Lipinski definition) is 2. The molecule has 0 aromatic carbocycles. The summed E-state index contributed by atoms with van der Waals surface area (Å²) in [7, 11) is -2.97. The molecule has 0 bridgehead atoms. The third-order valence-corrected chi connectivity index (χ3v) is 6.41. The molecule has 4 nitrogen and oxygen atoms in total. The molecule has 0 heterocycles. The molecule has 2 atom stereocenters. The van der Waals surface area contributed by atoms with Gasteiger partial charge in [-0.1, -0.05) is 66.2 Å². The molecular formula is C19H39O4P. The van der Waals surface area contributed by atoms with Crippen LogP contribution in [0.1, 0.15) is 91.9 Å². The van der Waals surface area contributed by atoms with Gasteiger partial charge in [0.05, 0.1) is 0 Å². The van der Waals surface area contributed by atoms with Crippen LogP contribution in [0.3, 0.4) is 0 Å². The zero-order valence-corrected chi connectivity index (χ0v) is 17.1. The van der Waals surface area contributed by atoms with Crippen LogP contribution in [0.25, 0.3) is 0 Å². The van der Waals surface area contributed by atoms with Gasteiger partial charge in [-0.2, -0.15) is 0 Å². The Kier molecular flexibility index (Phi) is 11.9. The molecule has 0 fully saturated rings. The van der Waals surface area contributed by atoms with E-state index in [9.17, 15) is 14.3 Å². The number of hydrogen-bond donors (Lipinski definition) is 2. The van der Waals surface area contributed by atoms with Crippen molar-refractivity contribution < 1.29 is 19.4 Å². The van der Waals surface area contributed by atoms with Gasteiger partial charge in [0.15, 0.2) is 0 Å². The van der Waals surface area contributed by atoms with E-state index in [1.807, 2.05) is 0 Å². The minimum absolute atomic E-state index is 0.212. The van der Waals surface area contributed by atoms with Gasteiger partial charge in [0.1, 0.15) is 0 Å². The topological polar surface area (TPSA) is 74.6 Å². The van der Waals surface area contributed by atoms with E-state index in [2.05, 4.69) is 27.7 Å². The van der Waals surface area contributed by atoms with E-state index in [0.29, 0.717) is 18.2 Å². The molecule has 0 aliphatic heterocycles. The normalized spacial score (nSPS) is 15.9. The minimum atomic E-state index is -2.97. The Balaban J connectivity index is 3.61. The fourth-order valence-electron chi connectivity index (χ4n) is 3.38. The lowest BCUT2D eigenvalue weighted by Gasteiger charge is -2.24. The van der Waals surface area contributed by atoms with Gasteiger partial charge >= 0.3 is 5.97 Å². The van der Waals surface area contributed by atoms with Gasteiger partial charge in [-0.3, -0.25) is 9.36 Å². The third kappa shape index (κ3) is 16.5. The van der Waals surface area contributed by atoms with Gasteiger partial charge in [-0.05, 0) is 30.6 Å². The zero-order valence-electron chi connectivity index (χ0n) is 16.2. The Labute approximate surface area is 148 Å². The lowest BCUT2D eigenvalue weighted by molar-refractivity contribution is -0.137. The Morgan fingerprint density at radius 1 is 0.958 bits per heavy atom. The highest BCUT2D eigenvalue weighted by atomic mass is 31.2. The van der Waals surface area contributed by atoms with Crippen LogP contribution in [-0.4, -0.2) is 28.3 Å². The number of aliphatic carboxylic acids is 1. The standard InChI is InChI=1S/C19H39O4P/c1-17(15-19(2,3)4)16-24(22,23)14-12-10-8-6-5-7-9-11-13-18(20)21/h17H,5-16H2,1-4H3,(H,20,21)(H,22,23). The average Bonchev–Trinajstić information content (AvgIpc) is 2.37. The van der Waals surface area contributed by atoms with Gasteiger partial charge in [0.25, 0.3) is 0 Å². The van der Waals surface area contributed by atoms with E-state index in [-0.39, 0.29) is 11.8 Å². The highest BCUT2D eigenvalue weighted by Crippen LogP contribution is 2.45. The Bertz CT molecular complexity index is 387. The maximum atomic E-state index is 12.3. The van der Waals surface area contributed by atoms with Crippen LogP contribution < -0.4 is 0 Å². The minimum Gasteiger partial charge on any atom is -0.481 e. The monoisotopic (exact) mass is 362 g/mol. The van der Waals surface area contributed by atoms with Crippen LogP contribution in [0.5, 0.6) is 0 Å². The van der Waals surface area contributed by atoms with E-state index < -0.39 is 13.3 Å². The predicted octanol–water partition coefficient (Wildman–Crippen LogP) is 5.92. The van der Waals surface area contributed by atoms with Crippen molar-refractivity contribution in [3.8, 4) is 0 Å². The van der Waals surface area contributed by atoms with E-state index in [1.165, 1.54) is 0 Å². The lowest BCUT2D eigenvalue weighted by atomic mass is 9.86. The van der Waals surface area contributed by atoms with Gasteiger partial charge in [-0.25, -0.2) is 0 Å². The van der Waals surface area contributed by atoms with Gasteiger partial charge in [0, 0.05) is 18.7 Å². The van der Waals surface area contributed by atoms with Crippen molar-refractivity contribution in [1.29, 1.82) is 0 Å². The number of carboxylic acids is 1. The first-order valence-electron chi connectivity index (χ1n) is 9.54. The van der Waals surface area contributed by atoms with E-state index >= 15 is 0 Å². The summed E-state index contributed by atoms with van der Waals surface area (Å²) in [5.74, 6) is -0.410. The first kappa shape index (κ1) is 23.7. The second kappa shape index (κ2) is 12.1. The molecule has 0 spiro atoms. The largest absolute Gasteiger partial charge is 0.481 e. The van der Waals surface area contributed by atoms with Gasteiger partial charge in [0.2, 0.25) is 7.37 Å². The van der Waals surface area contributed by atoms with Crippen LogP contribution in [0, 0.1) is 11.3 Å². The quantitative estimate of drug-likeness (QED) is 0.297. The maximum absolute atomic E-state index is 12.3. The van der Waals surface area contributed by atoms with Crippen molar-refractivity contribution in [2.24, 2.45) is 11.3 Å². The van der Waals surface area contributed by atoms with Gasteiger partial charge < -0.3 is 10.00 Å². The van der Waals surface area contributed by atoms with Crippen molar-refractivity contribution in [2.75, 3.05) is 12.3 Å². The Morgan fingerprint density at radius 2 is 1.42 bits per heavy atom. The molecule has 0 aliphatic carbocycles. The molecule has 0 radical (unpaired) electrons. The number of carbonyl (C=O) groups is 1. The van der Waals surface area contributed by atoms with E-state index in [4.69, 9.17) is 5.11 Å². The molecule has 2 N–H and O–H groups in total. The second-order valence-corrected chi connectivity index (χ2v) is 11.1. The van der Waals surface area contributed by atoms with Crippen LogP contribution in [0.2, 0.25) is 0 Å². The SMILES string of the molecule is CC(CC(C)(C)C)CP(=O)(O)CCCCCCCCCCC(=O)O. The van der Waals surface area contributed by atoms with Crippen LogP contribution in [-0.2, 0) is 9.36 Å². The molecule has 0 saturated heterocycles. The number of unbranched alkanes of at least 4 members (excludes halogenated alkanes) is 7. The molecule has 0 saturated carbocycles. The smallest absolute Gasteiger partial charge is 0.303 e. The van der Waals surface area contributed by atoms with Crippen molar-refractivity contribution in [3.05, 3.63) is 0 Å². The molecule has 0 aliphatic rings. The van der Waals surface area contributed by atoms with E-state index in [1.54, 1.807) is 0 Å². The molecule has 5 heteroatoms. The lowest BCUT2D eigenvalue weighted by Crippen LogP contribution is -2.14. The molecular weight excluding hydrogens is 323 g/mol. The molecule has 0 rings (SSSR count). The van der Waals surface area contributed by atoms with Crippen LogP contribution in [0.15, 0.2) is 0 Å². The summed E-state index contributed by atoms with van der Waals surface area (Å²) in [5.41, 5.74) is 0.212. The van der Waals surface area contributed by atoms with Crippen molar-refractivity contribution in [1.82, 2.24) is 0 Å². The second-order valence-electron chi connectivity index (χ2n) is 8.59. The van der Waals surface area contributed by atoms with Crippen molar-refractivity contribution >= 4 is 13.3 Å². The summed E-state index contributed by atoms with van der Waals surface area (Å²) in [6.45, 7) is 8.60. The van der Waals surface area contributed by atoms with Gasteiger partial charge in [-0.15, -0.1) is 0 Å². The zero-order chi connectivity index (χ0) is 18.6. The number of carboxylic acid groups (broad SMARTS) is 1. The molecule has 0 aromatic heterocycles. The highest BCUT2D eigenvalue weighted by molar-refractivity contribution is 7.57. The first-order chi connectivity index (χ1) is 11.0. The van der Waals surface area contributed by atoms with Crippen molar-refractivity contribution in [2.45, 2.75) is 91.9 Å². The van der Waals surface area contributed by atoms with Crippen molar-refractivity contribution in [3.63, 3.8) is 0 Å². The summed E-state index contributed by atoms with van der Waals surface area (Å²) in [6, 6.07) is 0. The fraction of sp³-hybridized carbons (Fsp3) is 0.947. The molecule has 24 heavy (non-hydrogen) atoms. The molecule has 144 valence electrons. The van der Waals surface area contributed by atoms with Crippen LogP contribution in [0.4, 0.5) is 0 Å².